The van der Waals surface area contributed by atoms with E-state index in [0.717, 1.165) is 10.6 Å². The average molecular weight is 581 g/mol. The van der Waals surface area contributed by atoms with Crippen LogP contribution in [0.25, 0.3) is 6.08 Å². The van der Waals surface area contributed by atoms with E-state index in [1.807, 2.05) is 50.2 Å². The lowest BCUT2D eigenvalue weighted by Gasteiger charge is -2.13. The summed E-state index contributed by atoms with van der Waals surface area (Å²) in [7, 11) is 0. The number of carbonyl (C=O) groups is 3. The van der Waals surface area contributed by atoms with Gasteiger partial charge in [0, 0.05) is 27.3 Å². The molecular formula is C34H32N2O5S. The summed E-state index contributed by atoms with van der Waals surface area (Å²) in [5, 5.41) is 5.60. The van der Waals surface area contributed by atoms with E-state index in [4.69, 9.17) is 9.47 Å². The molecule has 8 heteroatoms. The number of amides is 2. The molecule has 4 aromatic carbocycles. The Labute approximate surface area is 249 Å². The summed E-state index contributed by atoms with van der Waals surface area (Å²) < 4.78 is 11.1. The highest BCUT2D eigenvalue weighted by molar-refractivity contribution is 8.00. The quantitative estimate of drug-likeness (QED) is 0.102. The number of thioether (sulfide) groups is 1. The number of ketones is 1. The monoisotopic (exact) mass is 580 g/mol. The second-order valence-corrected chi connectivity index (χ2v) is 10.0. The molecule has 7 nitrogen and oxygen atoms in total. The lowest BCUT2D eigenvalue weighted by atomic mass is 10.1. The Bertz CT molecular complexity index is 1530. The van der Waals surface area contributed by atoms with Gasteiger partial charge in [-0.05, 0) is 86.7 Å². The van der Waals surface area contributed by atoms with Crippen molar-refractivity contribution in [3.63, 3.8) is 0 Å². The molecule has 0 aliphatic rings. The van der Waals surface area contributed by atoms with E-state index in [1.54, 1.807) is 72.8 Å². The Balaban J connectivity index is 1.44. The summed E-state index contributed by atoms with van der Waals surface area (Å²) in [6.45, 7) is 4.82. The Morgan fingerprint density at radius 1 is 0.738 bits per heavy atom. The van der Waals surface area contributed by atoms with Crippen molar-refractivity contribution in [3.8, 4) is 11.5 Å². The number of para-hydroxylation sites is 1. The lowest BCUT2D eigenvalue weighted by Crippen LogP contribution is -2.30. The van der Waals surface area contributed by atoms with Crippen molar-refractivity contribution in [2.24, 2.45) is 0 Å². The number of nitrogens with one attached hydrogen (secondary N) is 2. The van der Waals surface area contributed by atoms with Crippen molar-refractivity contribution in [1.82, 2.24) is 5.32 Å². The topological polar surface area (TPSA) is 93.7 Å². The van der Waals surface area contributed by atoms with Crippen molar-refractivity contribution < 1.29 is 23.9 Å². The minimum Gasteiger partial charge on any atom is -0.494 e. The van der Waals surface area contributed by atoms with Gasteiger partial charge in [0.2, 0.25) is 0 Å². The Morgan fingerprint density at radius 3 is 2.10 bits per heavy atom. The molecule has 2 amide bonds. The summed E-state index contributed by atoms with van der Waals surface area (Å²) in [4.78, 5) is 39.8. The van der Waals surface area contributed by atoms with Crippen molar-refractivity contribution in [1.29, 1.82) is 0 Å². The van der Waals surface area contributed by atoms with Gasteiger partial charge in [-0.3, -0.25) is 14.4 Å². The molecule has 0 saturated carbocycles. The van der Waals surface area contributed by atoms with Gasteiger partial charge in [-0.15, -0.1) is 11.8 Å². The molecule has 0 fully saturated rings. The van der Waals surface area contributed by atoms with Gasteiger partial charge < -0.3 is 20.1 Å². The summed E-state index contributed by atoms with van der Waals surface area (Å²) in [6, 6.07) is 30.3. The molecule has 0 aliphatic carbocycles. The van der Waals surface area contributed by atoms with Crippen molar-refractivity contribution in [2.75, 3.05) is 24.3 Å². The van der Waals surface area contributed by atoms with Crippen LogP contribution in [0.5, 0.6) is 11.5 Å². The fourth-order valence-corrected chi connectivity index (χ4v) is 4.75. The second-order valence-electron chi connectivity index (χ2n) is 9.00. The number of ether oxygens (including phenoxy) is 2. The normalized spacial score (nSPS) is 11.0. The minimum atomic E-state index is -0.489. The van der Waals surface area contributed by atoms with Gasteiger partial charge in [-0.25, -0.2) is 0 Å². The minimum absolute atomic E-state index is 0.0108. The first kappa shape index (κ1) is 30.1. The van der Waals surface area contributed by atoms with E-state index in [9.17, 15) is 14.4 Å². The first-order chi connectivity index (χ1) is 20.5. The van der Waals surface area contributed by atoms with E-state index in [1.165, 1.54) is 11.8 Å². The van der Waals surface area contributed by atoms with E-state index in [0.29, 0.717) is 41.3 Å². The smallest absolute Gasteiger partial charge is 0.272 e. The van der Waals surface area contributed by atoms with Crippen LogP contribution in [0.3, 0.4) is 0 Å². The van der Waals surface area contributed by atoms with Crippen LogP contribution < -0.4 is 20.1 Å². The SMILES string of the molecule is CCOc1ccc(C(=O)CSc2ccc(NC(=O)/C(=C/c3ccccc3OCC)NC(=O)c3ccccc3)cc2)cc1. The molecule has 0 radical (unpaired) electrons. The number of benzene rings is 4. The summed E-state index contributed by atoms with van der Waals surface area (Å²) in [5.74, 6) is 0.719. The highest BCUT2D eigenvalue weighted by Gasteiger charge is 2.16. The molecule has 0 aromatic heterocycles. The Hall–Kier alpha value is -4.82. The molecule has 0 atom stereocenters. The van der Waals surface area contributed by atoms with Crippen molar-refractivity contribution >= 4 is 41.1 Å². The summed E-state index contributed by atoms with van der Waals surface area (Å²) in [6.07, 6.45) is 1.60. The van der Waals surface area contributed by atoms with Gasteiger partial charge in [0.1, 0.15) is 17.2 Å². The van der Waals surface area contributed by atoms with Gasteiger partial charge in [0.25, 0.3) is 11.8 Å². The molecule has 4 aromatic rings. The standard InChI is InChI=1S/C34H32N2O5S/c1-3-40-28-18-14-24(15-19-28)31(37)23-42-29-20-16-27(17-21-29)35-34(39)30(36-33(38)25-10-6-5-7-11-25)22-26-12-8-9-13-32(26)41-4-2/h5-22H,3-4,23H2,1-2H3,(H,35,39)(H,36,38)/b30-22-. The van der Waals surface area contributed by atoms with Gasteiger partial charge in [0.05, 0.1) is 19.0 Å². The van der Waals surface area contributed by atoms with Crippen LogP contribution in [-0.2, 0) is 4.79 Å². The van der Waals surface area contributed by atoms with Crippen LogP contribution in [0.15, 0.2) is 114 Å². The predicted octanol–water partition coefficient (Wildman–Crippen LogP) is 6.87. The van der Waals surface area contributed by atoms with E-state index in [2.05, 4.69) is 10.6 Å². The average Bonchev–Trinajstić information content (AvgIpc) is 3.02. The largest absolute Gasteiger partial charge is 0.494 e. The molecule has 0 saturated heterocycles. The lowest BCUT2D eigenvalue weighted by molar-refractivity contribution is -0.113. The van der Waals surface area contributed by atoms with E-state index < -0.39 is 11.8 Å². The number of Topliss-reactive ketones (excluding diaryl/α,β-unsaturated/α-hetero) is 1. The second kappa shape index (κ2) is 15.3. The molecule has 42 heavy (non-hydrogen) atoms. The van der Waals surface area contributed by atoms with Crippen LogP contribution in [-0.4, -0.2) is 36.6 Å². The van der Waals surface area contributed by atoms with Crippen molar-refractivity contribution in [3.05, 3.63) is 126 Å². The maximum atomic E-state index is 13.4. The van der Waals surface area contributed by atoms with Crippen LogP contribution in [0.1, 0.15) is 40.1 Å². The fraction of sp³-hybridized carbons (Fsp3) is 0.147. The highest BCUT2D eigenvalue weighted by Crippen LogP contribution is 2.24. The summed E-state index contributed by atoms with van der Waals surface area (Å²) >= 11 is 1.41. The molecule has 0 heterocycles. The van der Waals surface area contributed by atoms with Gasteiger partial charge in [-0.1, -0.05) is 36.4 Å². The van der Waals surface area contributed by atoms with E-state index >= 15 is 0 Å². The molecule has 0 spiro atoms. The van der Waals surface area contributed by atoms with Crippen LogP contribution in [0.4, 0.5) is 5.69 Å². The molecule has 0 bridgehead atoms. The maximum Gasteiger partial charge on any atom is 0.272 e. The number of hydrogen-bond acceptors (Lipinski definition) is 6. The third-order valence-corrected chi connectivity index (χ3v) is 7.03. The molecule has 0 unspecified atom stereocenters. The van der Waals surface area contributed by atoms with Gasteiger partial charge in [-0.2, -0.15) is 0 Å². The third-order valence-electron chi connectivity index (χ3n) is 6.02. The van der Waals surface area contributed by atoms with Gasteiger partial charge in [0.15, 0.2) is 5.78 Å². The highest BCUT2D eigenvalue weighted by atomic mass is 32.2. The van der Waals surface area contributed by atoms with E-state index in [-0.39, 0.29) is 17.2 Å². The number of carbonyl (C=O) groups excluding carboxylic acids is 3. The zero-order valence-electron chi connectivity index (χ0n) is 23.5. The Morgan fingerprint density at radius 2 is 1.40 bits per heavy atom. The van der Waals surface area contributed by atoms with Crippen LogP contribution in [0, 0.1) is 0 Å². The Kier molecular flexibility index (Phi) is 10.9. The summed E-state index contributed by atoms with van der Waals surface area (Å²) in [5.41, 5.74) is 2.31. The zero-order chi connectivity index (χ0) is 29.7. The predicted molar refractivity (Wildman–Crippen MR) is 167 cm³/mol. The first-order valence-electron chi connectivity index (χ1n) is 13.6. The fourth-order valence-electron chi connectivity index (χ4n) is 3.95. The molecule has 4 rings (SSSR count). The molecule has 0 aliphatic heterocycles. The van der Waals surface area contributed by atoms with Crippen molar-refractivity contribution in [2.45, 2.75) is 18.7 Å². The van der Waals surface area contributed by atoms with Gasteiger partial charge >= 0.3 is 0 Å². The zero-order valence-corrected chi connectivity index (χ0v) is 24.3. The number of anilines is 1. The van der Waals surface area contributed by atoms with Crippen LogP contribution >= 0.6 is 11.8 Å². The first-order valence-corrected chi connectivity index (χ1v) is 14.6. The number of hydrogen-bond donors (Lipinski definition) is 2. The molecular weight excluding hydrogens is 548 g/mol. The van der Waals surface area contributed by atoms with Crippen LogP contribution in [0.2, 0.25) is 0 Å². The maximum absolute atomic E-state index is 13.4. The third kappa shape index (κ3) is 8.59. The number of rotatable bonds is 13. The molecule has 214 valence electrons. The molecule has 2 N–H and O–H groups in total.